The summed E-state index contributed by atoms with van der Waals surface area (Å²) in [5.41, 5.74) is 0.674. The molecule has 1 saturated carbocycles. The number of anilines is 1. The van der Waals surface area contributed by atoms with Crippen molar-refractivity contribution >= 4 is 22.4 Å². The van der Waals surface area contributed by atoms with Gasteiger partial charge >= 0.3 is 0 Å². The molecule has 1 aliphatic rings. The van der Waals surface area contributed by atoms with E-state index in [1.807, 2.05) is 12.1 Å². The van der Waals surface area contributed by atoms with Crippen LogP contribution in [0.4, 0.5) is 5.69 Å². The molecule has 1 heterocycles. The third-order valence-electron chi connectivity index (χ3n) is 3.83. The molecular formula is C15H16N2O2. The lowest BCUT2D eigenvalue weighted by molar-refractivity contribution is -0.117. The monoisotopic (exact) mass is 256 g/mol. The average Bonchev–Trinajstić information content (AvgIpc) is 3.12. The summed E-state index contributed by atoms with van der Waals surface area (Å²) in [5, 5.41) is 4.37. The van der Waals surface area contributed by atoms with Crippen LogP contribution >= 0.6 is 0 Å². The SMILES string of the molecule is CC1CC1C(=O)Nc1cccc2c(=O)n(C)ccc12. The summed E-state index contributed by atoms with van der Waals surface area (Å²) < 4.78 is 1.54. The number of carbonyl (C=O) groups excluding carboxylic acids is 1. The standard InChI is InChI=1S/C15H16N2O2/c1-9-8-12(9)14(18)16-13-5-3-4-11-10(13)6-7-17(2)15(11)19/h3-7,9,12H,8H2,1-2H3,(H,16,18). The largest absolute Gasteiger partial charge is 0.325 e. The predicted octanol–water partition coefficient (Wildman–Crippen LogP) is 2.13. The van der Waals surface area contributed by atoms with Crippen molar-refractivity contribution in [2.45, 2.75) is 13.3 Å². The van der Waals surface area contributed by atoms with Crippen molar-refractivity contribution in [2.24, 2.45) is 18.9 Å². The van der Waals surface area contributed by atoms with Gasteiger partial charge in [0.1, 0.15) is 0 Å². The van der Waals surface area contributed by atoms with E-state index in [0.29, 0.717) is 11.3 Å². The zero-order valence-electron chi connectivity index (χ0n) is 11.0. The molecule has 0 aliphatic heterocycles. The number of nitrogens with zero attached hydrogens (tertiary/aromatic N) is 1. The van der Waals surface area contributed by atoms with Crippen molar-refractivity contribution in [3.05, 3.63) is 40.8 Å². The van der Waals surface area contributed by atoms with Crippen LogP contribution in [0.15, 0.2) is 35.3 Å². The summed E-state index contributed by atoms with van der Waals surface area (Å²) in [6.45, 7) is 2.07. The Morgan fingerprint density at radius 1 is 1.32 bits per heavy atom. The van der Waals surface area contributed by atoms with E-state index in [0.717, 1.165) is 17.5 Å². The molecular weight excluding hydrogens is 240 g/mol. The van der Waals surface area contributed by atoms with Gasteiger partial charge in [-0.3, -0.25) is 9.59 Å². The summed E-state index contributed by atoms with van der Waals surface area (Å²) in [4.78, 5) is 24.0. The number of benzene rings is 1. The number of fused-ring (bicyclic) bond motifs is 1. The lowest BCUT2D eigenvalue weighted by Crippen LogP contribution is -2.18. The van der Waals surface area contributed by atoms with E-state index in [1.165, 1.54) is 4.57 Å². The highest BCUT2D eigenvalue weighted by atomic mass is 16.2. The summed E-state index contributed by atoms with van der Waals surface area (Å²) in [5.74, 6) is 0.658. The molecule has 1 N–H and O–H groups in total. The number of carbonyl (C=O) groups is 1. The Hall–Kier alpha value is -2.10. The van der Waals surface area contributed by atoms with Gasteiger partial charge in [0.25, 0.3) is 5.56 Å². The number of aryl methyl sites for hydroxylation is 1. The molecule has 2 aromatic rings. The summed E-state index contributed by atoms with van der Waals surface area (Å²) in [6, 6.07) is 7.29. The quantitative estimate of drug-likeness (QED) is 0.895. The molecule has 4 nitrogen and oxygen atoms in total. The molecule has 4 heteroatoms. The minimum Gasteiger partial charge on any atom is -0.325 e. The van der Waals surface area contributed by atoms with Crippen LogP contribution in [0.1, 0.15) is 13.3 Å². The van der Waals surface area contributed by atoms with Crippen LogP contribution in [0.5, 0.6) is 0 Å². The second kappa shape index (κ2) is 4.23. The van der Waals surface area contributed by atoms with Crippen LogP contribution < -0.4 is 10.9 Å². The Balaban J connectivity index is 2.02. The minimum atomic E-state index is -0.0478. The molecule has 1 aromatic carbocycles. The van der Waals surface area contributed by atoms with Gasteiger partial charge in [-0.1, -0.05) is 13.0 Å². The maximum Gasteiger partial charge on any atom is 0.258 e. The first-order chi connectivity index (χ1) is 9.08. The maximum atomic E-state index is 12.0. The van der Waals surface area contributed by atoms with Gasteiger partial charge in [0.15, 0.2) is 0 Å². The van der Waals surface area contributed by atoms with Crippen molar-refractivity contribution < 1.29 is 4.79 Å². The molecule has 98 valence electrons. The zero-order chi connectivity index (χ0) is 13.6. The lowest BCUT2D eigenvalue weighted by atomic mass is 10.1. The summed E-state index contributed by atoms with van der Waals surface area (Å²) in [6.07, 6.45) is 2.68. The molecule has 1 aromatic heterocycles. The highest BCUT2D eigenvalue weighted by Crippen LogP contribution is 2.38. The first-order valence-electron chi connectivity index (χ1n) is 6.47. The van der Waals surface area contributed by atoms with Crippen LogP contribution in [0.3, 0.4) is 0 Å². The van der Waals surface area contributed by atoms with Crippen LogP contribution in [0, 0.1) is 11.8 Å². The number of rotatable bonds is 2. The zero-order valence-corrected chi connectivity index (χ0v) is 11.0. The molecule has 2 atom stereocenters. The first-order valence-corrected chi connectivity index (χ1v) is 6.47. The van der Waals surface area contributed by atoms with Gasteiger partial charge < -0.3 is 9.88 Å². The molecule has 3 rings (SSSR count). The Morgan fingerprint density at radius 3 is 2.74 bits per heavy atom. The smallest absolute Gasteiger partial charge is 0.258 e. The molecule has 2 unspecified atom stereocenters. The molecule has 0 bridgehead atoms. The van der Waals surface area contributed by atoms with E-state index in [4.69, 9.17) is 0 Å². The van der Waals surface area contributed by atoms with E-state index in [-0.39, 0.29) is 17.4 Å². The predicted molar refractivity (Wildman–Crippen MR) is 75.1 cm³/mol. The van der Waals surface area contributed by atoms with E-state index >= 15 is 0 Å². The minimum absolute atomic E-state index is 0.0478. The van der Waals surface area contributed by atoms with Gasteiger partial charge in [-0.25, -0.2) is 0 Å². The Labute approximate surface area is 111 Å². The van der Waals surface area contributed by atoms with Crippen LogP contribution in [-0.4, -0.2) is 10.5 Å². The van der Waals surface area contributed by atoms with Crippen molar-refractivity contribution in [3.8, 4) is 0 Å². The topological polar surface area (TPSA) is 51.1 Å². The molecule has 1 fully saturated rings. The third kappa shape index (κ3) is 2.03. The highest BCUT2D eigenvalue weighted by Gasteiger charge is 2.39. The van der Waals surface area contributed by atoms with E-state index in [2.05, 4.69) is 12.2 Å². The summed E-state index contributed by atoms with van der Waals surface area (Å²) >= 11 is 0. The second-order valence-corrected chi connectivity index (χ2v) is 5.31. The van der Waals surface area contributed by atoms with Crippen molar-refractivity contribution in [1.29, 1.82) is 0 Å². The molecule has 0 radical (unpaired) electrons. The maximum absolute atomic E-state index is 12.0. The fraction of sp³-hybridized carbons (Fsp3) is 0.333. The van der Waals surface area contributed by atoms with E-state index in [1.54, 1.807) is 25.4 Å². The van der Waals surface area contributed by atoms with Crippen molar-refractivity contribution in [2.75, 3.05) is 5.32 Å². The van der Waals surface area contributed by atoms with Crippen LogP contribution in [-0.2, 0) is 11.8 Å². The number of pyridine rings is 1. The van der Waals surface area contributed by atoms with Crippen LogP contribution in [0.25, 0.3) is 10.8 Å². The number of hydrogen-bond donors (Lipinski definition) is 1. The highest BCUT2D eigenvalue weighted by molar-refractivity contribution is 6.03. The Bertz CT molecular complexity index is 718. The Morgan fingerprint density at radius 2 is 2.05 bits per heavy atom. The fourth-order valence-corrected chi connectivity index (χ4v) is 2.40. The lowest BCUT2D eigenvalue weighted by Gasteiger charge is -2.09. The number of hydrogen-bond acceptors (Lipinski definition) is 2. The Kier molecular flexibility index (Phi) is 2.66. The molecule has 0 spiro atoms. The number of amides is 1. The third-order valence-corrected chi connectivity index (χ3v) is 3.83. The van der Waals surface area contributed by atoms with Gasteiger partial charge in [0.2, 0.25) is 5.91 Å². The molecule has 1 amide bonds. The van der Waals surface area contributed by atoms with Crippen LogP contribution in [0.2, 0.25) is 0 Å². The number of aromatic nitrogens is 1. The van der Waals surface area contributed by atoms with Gasteiger partial charge in [-0.2, -0.15) is 0 Å². The van der Waals surface area contributed by atoms with Gasteiger partial charge in [0.05, 0.1) is 0 Å². The normalized spacial score (nSPS) is 21.4. The summed E-state index contributed by atoms with van der Waals surface area (Å²) in [7, 11) is 1.72. The van der Waals surface area contributed by atoms with Crippen molar-refractivity contribution in [1.82, 2.24) is 4.57 Å². The van der Waals surface area contributed by atoms with Crippen molar-refractivity contribution in [3.63, 3.8) is 0 Å². The fourth-order valence-electron chi connectivity index (χ4n) is 2.40. The number of nitrogens with one attached hydrogen (secondary N) is 1. The second-order valence-electron chi connectivity index (χ2n) is 5.31. The molecule has 1 aliphatic carbocycles. The van der Waals surface area contributed by atoms with Gasteiger partial charge in [0, 0.05) is 35.6 Å². The van der Waals surface area contributed by atoms with Gasteiger partial charge in [-0.15, -0.1) is 0 Å². The van der Waals surface area contributed by atoms with E-state index in [9.17, 15) is 9.59 Å². The first kappa shape index (κ1) is 12.0. The van der Waals surface area contributed by atoms with Gasteiger partial charge in [-0.05, 0) is 30.5 Å². The molecule has 19 heavy (non-hydrogen) atoms. The molecule has 0 saturated heterocycles. The average molecular weight is 256 g/mol. The van der Waals surface area contributed by atoms with E-state index < -0.39 is 0 Å².